The Labute approximate surface area is 131 Å². The van der Waals surface area contributed by atoms with Crippen molar-refractivity contribution >= 4 is 17.5 Å². The molecule has 0 heterocycles. The molecule has 122 valence electrons. The fraction of sp³-hybridized carbons (Fsp3) is 0.500. The van der Waals surface area contributed by atoms with Gasteiger partial charge >= 0.3 is 0 Å². The highest BCUT2D eigenvalue weighted by Gasteiger charge is 2.12. The SMILES string of the molecule is COCCNC(=O)c1cccc(NC(=O)CNC(C)(C)C)c1. The summed E-state index contributed by atoms with van der Waals surface area (Å²) in [7, 11) is 1.58. The van der Waals surface area contributed by atoms with E-state index in [1.165, 1.54) is 0 Å². The number of benzene rings is 1. The van der Waals surface area contributed by atoms with Gasteiger partial charge < -0.3 is 20.7 Å². The zero-order valence-electron chi connectivity index (χ0n) is 13.7. The minimum atomic E-state index is -0.194. The van der Waals surface area contributed by atoms with Gasteiger partial charge in [0.1, 0.15) is 0 Å². The monoisotopic (exact) mass is 307 g/mol. The van der Waals surface area contributed by atoms with Crippen molar-refractivity contribution in [2.24, 2.45) is 0 Å². The molecule has 0 spiro atoms. The molecule has 6 nitrogen and oxygen atoms in total. The lowest BCUT2D eigenvalue weighted by Crippen LogP contribution is -2.41. The van der Waals surface area contributed by atoms with E-state index in [0.717, 1.165) is 0 Å². The quantitative estimate of drug-likeness (QED) is 0.665. The number of carbonyl (C=O) groups is 2. The molecule has 0 unspecified atom stereocenters. The van der Waals surface area contributed by atoms with Gasteiger partial charge in [0.15, 0.2) is 0 Å². The molecule has 0 saturated heterocycles. The Morgan fingerprint density at radius 3 is 2.59 bits per heavy atom. The summed E-state index contributed by atoms with van der Waals surface area (Å²) in [4.78, 5) is 23.8. The fourth-order valence-electron chi connectivity index (χ4n) is 1.66. The van der Waals surface area contributed by atoms with E-state index in [-0.39, 0.29) is 23.9 Å². The highest BCUT2D eigenvalue weighted by Crippen LogP contribution is 2.10. The van der Waals surface area contributed by atoms with E-state index in [1.807, 2.05) is 20.8 Å². The van der Waals surface area contributed by atoms with Crippen LogP contribution in [-0.2, 0) is 9.53 Å². The zero-order valence-corrected chi connectivity index (χ0v) is 13.7. The van der Waals surface area contributed by atoms with Gasteiger partial charge in [-0.3, -0.25) is 9.59 Å². The molecule has 0 aliphatic rings. The maximum atomic E-state index is 11.9. The Bertz CT molecular complexity index is 510. The van der Waals surface area contributed by atoms with E-state index in [1.54, 1.807) is 31.4 Å². The average molecular weight is 307 g/mol. The Balaban J connectivity index is 2.56. The van der Waals surface area contributed by atoms with Crippen molar-refractivity contribution in [3.63, 3.8) is 0 Å². The van der Waals surface area contributed by atoms with Crippen molar-refractivity contribution in [3.8, 4) is 0 Å². The van der Waals surface area contributed by atoms with Crippen LogP contribution in [0.3, 0.4) is 0 Å². The molecule has 0 bridgehead atoms. The summed E-state index contributed by atoms with van der Waals surface area (Å²) in [5.41, 5.74) is 0.971. The van der Waals surface area contributed by atoms with E-state index in [9.17, 15) is 9.59 Å². The van der Waals surface area contributed by atoms with Gasteiger partial charge in [-0.25, -0.2) is 0 Å². The van der Waals surface area contributed by atoms with Gasteiger partial charge in [0.2, 0.25) is 5.91 Å². The first-order valence-electron chi connectivity index (χ1n) is 7.24. The number of anilines is 1. The maximum Gasteiger partial charge on any atom is 0.251 e. The van der Waals surface area contributed by atoms with Crippen LogP contribution >= 0.6 is 0 Å². The van der Waals surface area contributed by atoms with Crippen LogP contribution in [0.2, 0.25) is 0 Å². The predicted octanol–water partition coefficient (Wildman–Crippen LogP) is 1.39. The Morgan fingerprint density at radius 2 is 1.95 bits per heavy atom. The van der Waals surface area contributed by atoms with Crippen LogP contribution < -0.4 is 16.0 Å². The topological polar surface area (TPSA) is 79.5 Å². The molecule has 1 rings (SSSR count). The number of nitrogens with one attached hydrogen (secondary N) is 3. The van der Waals surface area contributed by atoms with E-state index in [2.05, 4.69) is 16.0 Å². The van der Waals surface area contributed by atoms with Gasteiger partial charge in [-0.2, -0.15) is 0 Å². The van der Waals surface area contributed by atoms with Gasteiger partial charge in [-0.15, -0.1) is 0 Å². The molecular weight excluding hydrogens is 282 g/mol. The molecule has 6 heteroatoms. The third-order valence-electron chi connectivity index (χ3n) is 2.78. The average Bonchev–Trinajstić information content (AvgIpc) is 2.45. The number of amides is 2. The summed E-state index contributed by atoms with van der Waals surface area (Å²) in [6, 6.07) is 6.83. The molecule has 2 amide bonds. The smallest absolute Gasteiger partial charge is 0.251 e. The van der Waals surface area contributed by atoms with Gasteiger partial charge in [0.25, 0.3) is 5.91 Å². The van der Waals surface area contributed by atoms with Crippen LogP contribution in [0.5, 0.6) is 0 Å². The van der Waals surface area contributed by atoms with Crippen LogP contribution in [0.15, 0.2) is 24.3 Å². The maximum absolute atomic E-state index is 11.9. The summed E-state index contributed by atoms with van der Waals surface area (Å²) < 4.78 is 4.88. The van der Waals surface area contributed by atoms with Crippen molar-refractivity contribution in [1.82, 2.24) is 10.6 Å². The second-order valence-electron chi connectivity index (χ2n) is 5.98. The molecule has 0 saturated carbocycles. The molecule has 3 N–H and O–H groups in total. The number of methoxy groups -OCH3 is 1. The summed E-state index contributed by atoms with van der Waals surface area (Å²) in [5.74, 6) is -0.340. The summed E-state index contributed by atoms with van der Waals surface area (Å²) >= 11 is 0. The molecule has 0 atom stereocenters. The molecule has 0 aliphatic carbocycles. The Morgan fingerprint density at radius 1 is 1.23 bits per heavy atom. The van der Waals surface area contributed by atoms with Gasteiger partial charge in [0, 0.05) is 30.4 Å². The van der Waals surface area contributed by atoms with Crippen molar-refractivity contribution in [3.05, 3.63) is 29.8 Å². The minimum Gasteiger partial charge on any atom is -0.383 e. The first-order chi connectivity index (χ1) is 10.3. The lowest BCUT2D eigenvalue weighted by Gasteiger charge is -2.20. The lowest BCUT2D eigenvalue weighted by molar-refractivity contribution is -0.115. The number of rotatable bonds is 7. The molecule has 0 fully saturated rings. The highest BCUT2D eigenvalue weighted by molar-refractivity contribution is 5.97. The molecule has 22 heavy (non-hydrogen) atoms. The van der Waals surface area contributed by atoms with E-state index < -0.39 is 0 Å². The van der Waals surface area contributed by atoms with Crippen LogP contribution in [0.25, 0.3) is 0 Å². The molecule has 1 aromatic carbocycles. The largest absolute Gasteiger partial charge is 0.383 e. The van der Waals surface area contributed by atoms with Crippen molar-refractivity contribution in [2.45, 2.75) is 26.3 Å². The first-order valence-corrected chi connectivity index (χ1v) is 7.24. The minimum absolute atomic E-state index is 0.125. The summed E-state index contributed by atoms with van der Waals surface area (Å²) in [6.07, 6.45) is 0. The Hall–Kier alpha value is -1.92. The third-order valence-corrected chi connectivity index (χ3v) is 2.78. The highest BCUT2D eigenvalue weighted by atomic mass is 16.5. The van der Waals surface area contributed by atoms with Crippen molar-refractivity contribution in [1.29, 1.82) is 0 Å². The van der Waals surface area contributed by atoms with Crippen LogP contribution in [0, 0.1) is 0 Å². The number of hydrogen-bond donors (Lipinski definition) is 3. The van der Waals surface area contributed by atoms with Crippen LogP contribution in [0.4, 0.5) is 5.69 Å². The van der Waals surface area contributed by atoms with Gasteiger partial charge in [-0.05, 0) is 39.0 Å². The first kappa shape index (κ1) is 18.1. The Kier molecular flexibility index (Phi) is 7.01. The second-order valence-corrected chi connectivity index (χ2v) is 5.98. The van der Waals surface area contributed by atoms with E-state index in [4.69, 9.17) is 4.74 Å². The number of hydrogen-bond acceptors (Lipinski definition) is 4. The molecular formula is C16H25N3O3. The standard InChI is InChI=1S/C16H25N3O3/c1-16(2,3)18-11-14(20)19-13-7-5-6-12(10-13)15(21)17-8-9-22-4/h5-7,10,18H,8-9,11H2,1-4H3,(H,17,21)(H,19,20). The van der Waals surface area contributed by atoms with Crippen molar-refractivity contribution in [2.75, 3.05) is 32.1 Å². The van der Waals surface area contributed by atoms with Crippen LogP contribution in [0.1, 0.15) is 31.1 Å². The third kappa shape index (κ3) is 7.19. The van der Waals surface area contributed by atoms with Gasteiger partial charge in [-0.1, -0.05) is 6.07 Å². The lowest BCUT2D eigenvalue weighted by atomic mass is 10.1. The summed E-state index contributed by atoms with van der Waals surface area (Å²) in [6.45, 7) is 7.09. The van der Waals surface area contributed by atoms with Crippen LogP contribution in [-0.4, -0.2) is 44.2 Å². The summed E-state index contributed by atoms with van der Waals surface area (Å²) in [5, 5.41) is 8.62. The predicted molar refractivity (Wildman–Crippen MR) is 87.0 cm³/mol. The van der Waals surface area contributed by atoms with Crippen molar-refractivity contribution < 1.29 is 14.3 Å². The molecule has 0 radical (unpaired) electrons. The van der Waals surface area contributed by atoms with E-state index >= 15 is 0 Å². The second kappa shape index (κ2) is 8.51. The number of ether oxygens (including phenoxy) is 1. The number of carbonyl (C=O) groups excluding carboxylic acids is 2. The van der Waals surface area contributed by atoms with E-state index in [0.29, 0.717) is 24.4 Å². The normalized spacial score (nSPS) is 11.1. The van der Waals surface area contributed by atoms with Gasteiger partial charge in [0.05, 0.1) is 13.2 Å². The molecule has 1 aromatic rings. The fourth-order valence-corrected chi connectivity index (χ4v) is 1.66. The molecule has 0 aromatic heterocycles. The zero-order chi connectivity index (χ0) is 16.6. The molecule has 0 aliphatic heterocycles.